The SMILES string of the molecule is CCCCN(CCCC)C(=O)COCP(=O)(CCCC)CCCC. The van der Waals surface area contributed by atoms with E-state index in [1.807, 2.05) is 4.90 Å². The molecular formula is C19H40NO3P. The molecule has 0 unspecified atom stereocenters. The third-order valence-electron chi connectivity index (χ3n) is 4.31. The highest BCUT2D eigenvalue weighted by molar-refractivity contribution is 7.63. The van der Waals surface area contributed by atoms with Crippen molar-refractivity contribution in [1.29, 1.82) is 0 Å². The van der Waals surface area contributed by atoms with E-state index in [1.54, 1.807) is 0 Å². The van der Waals surface area contributed by atoms with E-state index < -0.39 is 7.14 Å². The molecule has 0 aromatic rings. The number of unbranched alkanes of at least 4 members (excludes halogenated alkanes) is 4. The van der Waals surface area contributed by atoms with Gasteiger partial charge in [-0.2, -0.15) is 0 Å². The minimum atomic E-state index is -2.27. The monoisotopic (exact) mass is 361 g/mol. The molecule has 0 aromatic carbocycles. The molecule has 1 amide bonds. The van der Waals surface area contributed by atoms with Gasteiger partial charge in [0.2, 0.25) is 5.91 Å². The highest BCUT2D eigenvalue weighted by atomic mass is 31.2. The number of hydrogen-bond acceptors (Lipinski definition) is 3. The normalized spacial score (nSPS) is 11.7. The second-order valence-electron chi connectivity index (χ2n) is 6.78. The van der Waals surface area contributed by atoms with E-state index in [9.17, 15) is 9.36 Å². The topological polar surface area (TPSA) is 46.6 Å². The molecule has 0 fully saturated rings. The minimum Gasteiger partial charge on any atom is -0.364 e. The first kappa shape index (κ1) is 23.7. The second kappa shape index (κ2) is 15.0. The number of carbonyl (C=O) groups is 1. The van der Waals surface area contributed by atoms with Gasteiger partial charge in [-0.1, -0.05) is 53.4 Å². The molecule has 0 rings (SSSR count). The molecule has 0 saturated heterocycles. The maximum Gasteiger partial charge on any atom is 0.248 e. The summed E-state index contributed by atoms with van der Waals surface area (Å²) in [4.78, 5) is 14.3. The van der Waals surface area contributed by atoms with Gasteiger partial charge in [-0.3, -0.25) is 4.79 Å². The van der Waals surface area contributed by atoms with Crippen molar-refractivity contribution in [1.82, 2.24) is 4.90 Å². The zero-order valence-electron chi connectivity index (χ0n) is 16.5. The number of hydrogen-bond donors (Lipinski definition) is 0. The molecule has 0 spiro atoms. The fourth-order valence-electron chi connectivity index (χ4n) is 2.58. The first-order valence-corrected chi connectivity index (χ1v) is 12.2. The Bertz CT molecular complexity index is 341. The molecule has 0 aliphatic heterocycles. The number of ether oxygens (including phenoxy) is 1. The fourth-order valence-corrected chi connectivity index (χ4v) is 5.27. The summed E-state index contributed by atoms with van der Waals surface area (Å²) < 4.78 is 18.6. The van der Waals surface area contributed by atoms with Crippen molar-refractivity contribution < 1.29 is 14.1 Å². The molecule has 0 radical (unpaired) electrons. The van der Waals surface area contributed by atoms with Crippen LogP contribution in [0.1, 0.15) is 79.1 Å². The number of carbonyl (C=O) groups excluding carboxylic acids is 1. The Morgan fingerprint density at radius 3 is 1.71 bits per heavy atom. The van der Waals surface area contributed by atoms with Crippen LogP contribution in [-0.4, -0.2) is 49.2 Å². The molecule has 144 valence electrons. The van der Waals surface area contributed by atoms with Gasteiger partial charge < -0.3 is 14.2 Å². The number of rotatable bonds is 16. The lowest BCUT2D eigenvalue weighted by molar-refractivity contribution is -0.135. The minimum absolute atomic E-state index is 0.0504. The van der Waals surface area contributed by atoms with Gasteiger partial charge in [-0.25, -0.2) is 0 Å². The van der Waals surface area contributed by atoms with Gasteiger partial charge in [0.15, 0.2) is 0 Å². The van der Waals surface area contributed by atoms with Crippen LogP contribution in [0.25, 0.3) is 0 Å². The zero-order chi connectivity index (χ0) is 18.3. The Morgan fingerprint density at radius 2 is 1.29 bits per heavy atom. The van der Waals surface area contributed by atoms with E-state index in [1.165, 1.54) is 0 Å². The second-order valence-corrected chi connectivity index (χ2v) is 10.0. The van der Waals surface area contributed by atoms with E-state index in [4.69, 9.17) is 4.74 Å². The molecule has 0 aliphatic rings. The van der Waals surface area contributed by atoms with E-state index in [2.05, 4.69) is 27.7 Å². The van der Waals surface area contributed by atoms with Crippen LogP contribution in [0.2, 0.25) is 0 Å². The lowest BCUT2D eigenvalue weighted by Gasteiger charge is -2.23. The summed E-state index contributed by atoms with van der Waals surface area (Å²) in [6.45, 7) is 10.2. The van der Waals surface area contributed by atoms with Gasteiger partial charge in [0.25, 0.3) is 0 Å². The van der Waals surface area contributed by atoms with Crippen LogP contribution in [0.15, 0.2) is 0 Å². The maximum absolute atomic E-state index is 13.0. The van der Waals surface area contributed by atoms with Crippen molar-refractivity contribution in [3.8, 4) is 0 Å². The average Bonchev–Trinajstić information content (AvgIpc) is 2.58. The van der Waals surface area contributed by atoms with Crippen LogP contribution < -0.4 is 0 Å². The first-order valence-electron chi connectivity index (χ1n) is 9.95. The van der Waals surface area contributed by atoms with Crippen molar-refractivity contribution in [2.24, 2.45) is 0 Å². The highest BCUT2D eigenvalue weighted by Crippen LogP contribution is 2.47. The summed E-state index contributed by atoms with van der Waals surface area (Å²) in [5.41, 5.74) is 0. The Kier molecular flexibility index (Phi) is 14.7. The van der Waals surface area contributed by atoms with Crippen molar-refractivity contribution in [3.05, 3.63) is 0 Å². The molecule has 0 atom stereocenters. The summed E-state index contributed by atoms with van der Waals surface area (Å²) in [6.07, 6.45) is 10.1. The lowest BCUT2D eigenvalue weighted by atomic mass is 10.2. The van der Waals surface area contributed by atoms with Crippen molar-refractivity contribution >= 4 is 13.0 Å². The van der Waals surface area contributed by atoms with Gasteiger partial charge in [0.05, 0.1) is 0 Å². The summed E-state index contributed by atoms with van der Waals surface area (Å²) in [7, 11) is -2.27. The third kappa shape index (κ3) is 11.3. The largest absolute Gasteiger partial charge is 0.364 e. The number of nitrogens with zero attached hydrogens (tertiary/aromatic N) is 1. The predicted molar refractivity (Wildman–Crippen MR) is 104 cm³/mol. The Balaban J connectivity index is 4.41. The summed E-state index contributed by atoms with van der Waals surface area (Å²) in [6, 6.07) is 0. The predicted octanol–water partition coefficient (Wildman–Crippen LogP) is 5.35. The maximum atomic E-state index is 13.0. The van der Waals surface area contributed by atoms with Gasteiger partial charge in [-0.15, -0.1) is 0 Å². The molecule has 4 nitrogen and oxygen atoms in total. The van der Waals surface area contributed by atoms with Crippen LogP contribution in [-0.2, 0) is 14.1 Å². The van der Waals surface area contributed by atoms with Crippen LogP contribution >= 0.6 is 7.14 Å². The van der Waals surface area contributed by atoms with Crippen LogP contribution in [0.4, 0.5) is 0 Å². The standard InChI is InChI=1S/C19H40NO3P/c1-5-9-13-20(14-10-6-2)19(21)17-23-18-24(22,15-11-7-3)16-12-8-4/h5-18H2,1-4H3. The molecular weight excluding hydrogens is 321 g/mol. The van der Waals surface area contributed by atoms with Crippen molar-refractivity contribution in [2.45, 2.75) is 79.1 Å². The quantitative estimate of drug-likeness (QED) is 0.348. The Morgan fingerprint density at radius 1 is 0.833 bits per heavy atom. The number of amides is 1. The fraction of sp³-hybridized carbons (Fsp3) is 0.947. The molecule has 24 heavy (non-hydrogen) atoms. The van der Waals surface area contributed by atoms with Crippen LogP contribution in [0.3, 0.4) is 0 Å². The van der Waals surface area contributed by atoms with Gasteiger partial charge in [0.1, 0.15) is 20.1 Å². The van der Waals surface area contributed by atoms with Crippen molar-refractivity contribution in [2.75, 3.05) is 38.4 Å². The summed E-state index contributed by atoms with van der Waals surface area (Å²) >= 11 is 0. The first-order chi connectivity index (χ1) is 11.5. The van der Waals surface area contributed by atoms with Gasteiger partial charge in [-0.05, 0) is 25.7 Å². The third-order valence-corrected chi connectivity index (χ3v) is 7.22. The smallest absolute Gasteiger partial charge is 0.248 e. The molecule has 0 saturated carbocycles. The Hall–Kier alpha value is -0.340. The zero-order valence-corrected chi connectivity index (χ0v) is 17.4. The van der Waals surface area contributed by atoms with Crippen LogP contribution in [0, 0.1) is 0 Å². The van der Waals surface area contributed by atoms with E-state index >= 15 is 0 Å². The highest BCUT2D eigenvalue weighted by Gasteiger charge is 2.22. The molecule has 0 aromatic heterocycles. The molecule has 0 aliphatic carbocycles. The molecule has 0 N–H and O–H groups in total. The summed E-state index contributed by atoms with van der Waals surface area (Å²) in [5.74, 6) is 0.0504. The average molecular weight is 362 g/mol. The summed E-state index contributed by atoms with van der Waals surface area (Å²) in [5, 5.41) is 0. The Labute approximate surface area is 150 Å². The van der Waals surface area contributed by atoms with E-state index in [0.717, 1.165) is 76.8 Å². The van der Waals surface area contributed by atoms with E-state index in [-0.39, 0.29) is 18.9 Å². The van der Waals surface area contributed by atoms with Crippen molar-refractivity contribution in [3.63, 3.8) is 0 Å². The molecule has 0 heterocycles. The van der Waals surface area contributed by atoms with E-state index in [0.29, 0.717) is 0 Å². The van der Waals surface area contributed by atoms with Crippen LogP contribution in [0.5, 0.6) is 0 Å². The molecule has 5 heteroatoms. The molecule has 0 bridgehead atoms. The van der Waals surface area contributed by atoms with Gasteiger partial charge in [0, 0.05) is 25.4 Å². The lowest BCUT2D eigenvalue weighted by Crippen LogP contribution is -2.35. The van der Waals surface area contributed by atoms with Gasteiger partial charge >= 0.3 is 0 Å².